The molecule has 0 saturated heterocycles. The van der Waals surface area contributed by atoms with E-state index in [1.54, 1.807) is 0 Å². The Kier molecular flexibility index (Phi) is 7.87. The Morgan fingerprint density at radius 1 is 1.25 bits per heavy atom. The van der Waals surface area contributed by atoms with E-state index in [9.17, 15) is 0 Å². The normalized spacial score (nSPS) is 17.6. The molecule has 0 spiro atoms. The van der Waals surface area contributed by atoms with Gasteiger partial charge in [0.1, 0.15) is 0 Å². The third-order valence-corrected chi connectivity index (χ3v) is 3.16. The lowest BCUT2D eigenvalue weighted by Crippen LogP contribution is -2.17. The average molecular weight is 227 g/mol. The molecule has 0 radical (unpaired) electrons. The second kappa shape index (κ2) is 9.00. The summed E-state index contributed by atoms with van der Waals surface area (Å²) in [5.41, 5.74) is 0. The molecule has 0 heterocycles. The van der Waals surface area contributed by atoms with Gasteiger partial charge in [-0.2, -0.15) is 0 Å². The molecule has 0 aliphatic heterocycles. The highest BCUT2D eigenvalue weighted by molar-refractivity contribution is 4.80. The van der Waals surface area contributed by atoms with Crippen LogP contribution in [-0.4, -0.2) is 25.8 Å². The van der Waals surface area contributed by atoms with Crippen LogP contribution in [0.4, 0.5) is 0 Å². The van der Waals surface area contributed by atoms with Crippen molar-refractivity contribution in [3.8, 4) is 0 Å². The van der Waals surface area contributed by atoms with E-state index in [0.717, 1.165) is 25.2 Å². The lowest BCUT2D eigenvalue weighted by molar-refractivity contribution is 0.0984. The summed E-state index contributed by atoms with van der Waals surface area (Å²) in [6.07, 6.45) is 9.22. The molecule has 0 aromatic rings. The number of hydrogen-bond donors (Lipinski definition) is 1. The minimum absolute atomic E-state index is 0.738. The molecule has 1 rings (SSSR count). The number of unbranched alkanes of at least 4 members (excludes halogenated alkanes) is 2. The van der Waals surface area contributed by atoms with Gasteiger partial charge in [-0.15, -0.1) is 0 Å². The van der Waals surface area contributed by atoms with Crippen LogP contribution in [0.25, 0.3) is 0 Å². The van der Waals surface area contributed by atoms with E-state index in [4.69, 9.17) is 4.74 Å². The maximum absolute atomic E-state index is 5.67. The predicted octanol–water partition coefficient (Wildman–Crippen LogP) is 3.36. The molecule has 0 bridgehead atoms. The molecule has 1 fully saturated rings. The first-order chi connectivity index (χ1) is 7.83. The fraction of sp³-hybridized carbons (Fsp3) is 1.00. The molecule has 1 saturated carbocycles. The molecular weight excluding hydrogens is 198 g/mol. The van der Waals surface area contributed by atoms with Crippen LogP contribution >= 0.6 is 0 Å². The van der Waals surface area contributed by atoms with Crippen LogP contribution in [0.15, 0.2) is 0 Å². The Morgan fingerprint density at radius 3 is 2.75 bits per heavy atom. The van der Waals surface area contributed by atoms with Crippen molar-refractivity contribution in [1.29, 1.82) is 0 Å². The minimum Gasteiger partial charge on any atom is -0.381 e. The van der Waals surface area contributed by atoms with Crippen LogP contribution in [0.1, 0.15) is 58.8 Å². The third kappa shape index (κ3) is 8.12. The van der Waals surface area contributed by atoms with Gasteiger partial charge in [0.2, 0.25) is 0 Å². The molecule has 16 heavy (non-hydrogen) atoms. The Morgan fingerprint density at radius 2 is 2.06 bits per heavy atom. The van der Waals surface area contributed by atoms with Crippen LogP contribution in [-0.2, 0) is 4.74 Å². The Bertz CT molecular complexity index is 157. The van der Waals surface area contributed by atoms with Crippen LogP contribution in [0, 0.1) is 5.92 Å². The SMILES string of the molecule is CCCC(C)COCCCCCNC1CC1. The van der Waals surface area contributed by atoms with Crippen LogP contribution in [0.3, 0.4) is 0 Å². The number of hydrogen-bond acceptors (Lipinski definition) is 2. The summed E-state index contributed by atoms with van der Waals surface area (Å²) in [7, 11) is 0. The van der Waals surface area contributed by atoms with E-state index in [0.29, 0.717) is 0 Å². The van der Waals surface area contributed by atoms with Crippen LogP contribution in [0.5, 0.6) is 0 Å². The molecule has 0 amide bonds. The third-order valence-electron chi connectivity index (χ3n) is 3.16. The summed E-state index contributed by atoms with van der Waals surface area (Å²) in [6.45, 7) is 7.63. The van der Waals surface area contributed by atoms with Crippen molar-refractivity contribution in [3.63, 3.8) is 0 Å². The van der Waals surface area contributed by atoms with Crippen molar-refractivity contribution in [2.45, 2.75) is 64.8 Å². The van der Waals surface area contributed by atoms with Crippen LogP contribution in [0.2, 0.25) is 0 Å². The topological polar surface area (TPSA) is 21.3 Å². The molecule has 1 N–H and O–H groups in total. The fourth-order valence-electron chi connectivity index (χ4n) is 1.96. The summed E-state index contributed by atoms with van der Waals surface area (Å²) in [5, 5.41) is 3.54. The van der Waals surface area contributed by atoms with E-state index in [2.05, 4.69) is 19.2 Å². The smallest absolute Gasteiger partial charge is 0.0491 e. The summed E-state index contributed by atoms with van der Waals surface area (Å²) in [6, 6.07) is 0.867. The van der Waals surface area contributed by atoms with Gasteiger partial charge in [0.15, 0.2) is 0 Å². The Hall–Kier alpha value is -0.0800. The first-order valence-electron chi connectivity index (χ1n) is 7.14. The van der Waals surface area contributed by atoms with Gasteiger partial charge < -0.3 is 10.1 Å². The maximum atomic E-state index is 5.67. The molecule has 0 aromatic carbocycles. The lowest BCUT2D eigenvalue weighted by atomic mass is 10.1. The molecule has 0 aromatic heterocycles. The van der Waals surface area contributed by atoms with Crippen LogP contribution < -0.4 is 5.32 Å². The second-order valence-corrected chi connectivity index (χ2v) is 5.26. The van der Waals surface area contributed by atoms with E-state index in [1.165, 1.54) is 51.5 Å². The lowest BCUT2D eigenvalue weighted by Gasteiger charge is -2.10. The second-order valence-electron chi connectivity index (χ2n) is 5.26. The quantitative estimate of drug-likeness (QED) is 0.546. The number of ether oxygens (including phenoxy) is 1. The molecule has 2 nitrogen and oxygen atoms in total. The molecule has 1 aliphatic carbocycles. The fourth-order valence-corrected chi connectivity index (χ4v) is 1.96. The van der Waals surface area contributed by atoms with Crippen molar-refractivity contribution >= 4 is 0 Å². The van der Waals surface area contributed by atoms with Gasteiger partial charge in [-0.25, -0.2) is 0 Å². The van der Waals surface area contributed by atoms with E-state index in [1.807, 2.05) is 0 Å². The largest absolute Gasteiger partial charge is 0.381 e. The minimum atomic E-state index is 0.738. The summed E-state index contributed by atoms with van der Waals surface area (Å²) >= 11 is 0. The molecule has 1 aliphatic rings. The van der Waals surface area contributed by atoms with Crippen molar-refractivity contribution in [3.05, 3.63) is 0 Å². The van der Waals surface area contributed by atoms with Gasteiger partial charge in [0, 0.05) is 19.3 Å². The maximum Gasteiger partial charge on any atom is 0.0491 e. The van der Waals surface area contributed by atoms with E-state index in [-0.39, 0.29) is 0 Å². The summed E-state index contributed by atoms with van der Waals surface area (Å²) < 4.78 is 5.67. The molecule has 96 valence electrons. The highest BCUT2D eigenvalue weighted by Gasteiger charge is 2.19. The van der Waals surface area contributed by atoms with Gasteiger partial charge >= 0.3 is 0 Å². The zero-order valence-electron chi connectivity index (χ0n) is 11.1. The zero-order valence-corrected chi connectivity index (χ0v) is 11.1. The van der Waals surface area contributed by atoms with E-state index < -0.39 is 0 Å². The predicted molar refractivity (Wildman–Crippen MR) is 69.8 cm³/mol. The molecule has 1 unspecified atom stereocenters. The molecule has 1 atom stereocenters. The van der Waals surface area contributed by atoms with Gasteiger partial charge in [-0.05, 0) is 51.0 Å². The first kappa shape index (κ1) is 14.0. The highest BCUT2D eigenvalue weighted by Crippen LogP contribution is 2.18. The molecule has 2 heteroatoms. The molecular formula is C14H29NO. The van der Waals surface area contributed by atoms with Gasteiger partial charge in [-0.1, -0.05) is 20.3 Å². The standard InChI is InChI=1S/C14H29NO/c1-3-7-13(2)12-16-11-6-4-5-10-15-14-8-9-14/h13-15H,3-12H2,1-2H3. The summed E-state index contributed by atoms with van der Waals surface area (Å²) in [4.78, 5) is 0. The van der Waals surface area contributed by atoms with Gasteiger partial charge in [0.05, 0.1) is 0 Å². The highest BCUT2D eigenvalue weighted by atomic mass is 16.5. The number of rotatable bonds is 11. The van der Waals surface area contributed by atoms with Crippen molar-refractivity contribution < 1.29 is 4.74 Å². The first-order valence-corrected chi connectivity index (χ1v) is 7.14. The van der Waals surface area contributed by atoms with Crippen molar-refractivity contribution in [1.82, 2.24) is 5.32 Å². The zero-order chi connectivity index (χ0) is 11.6. The van der Waals surface area contributed by atoms with E-state index >= 15 is 0 Å². The summed E-state index contributed by atoms with van der Waals surface area (Å²) in [5.74, 6) is 0.738. The Balaban J connectivity index is 1.70. The monoisotopic (exact) mass is 227 g/mol. The van der Waals surface area contributed by atoms with Crippen molar-refractivity contribution in [2.75, 3.05) is 19.8 Å². The average Bonchev–Trinajstić information content (AvgIpc) is 3.06. The van der Waals surface area contributed by atoms with Gasteiger partial charge in [-0.3, -0.25) is 0 Å². The number of nitrogens with one attached hydrogen (secondary N) is 1. The Labute approximate surface area is 101 Å². The van der Waals surface area contributed by atoms with Gasteiger partial charge in [0.25, 0.3) is 0 Å². The van der Waals surface area contributed by atoms with Crippen molar-refractivity contribution in [2.24, 2.45) is 5.92 Å².